The van der Waals surface area contributed by atoms with Gasteiger partial charge < -0.3 is 20.3 Å². The second kappa shape index (κ2) is 13.8. The van der Waals surface area contributed by atoms with Crippen LogP contribution in [-0.2, 0) is 20.7 Å². The highest BCUT2D eigenvalue weighted by Crippen LogP contribution is 2.34. The predicted octanol–water partition coefficient (Wildman–Crippen LogP) is 5.92. The van der Waals surface area contributed by atoms with Crippen LogP contribution in [0.5, 0.6) is 0 Å². The summed E-state index contributed by atoms with van der Waals surface area (Å²) in [6.45, 7) is 15.6. The Bertz CT molecular complexity index is 887. The van der Waals surface area contributed by atoms with Crippen LogP contribution in [0.25, 0.3) is 0 Å². The Hall–Kier alpha value is -2.57. The average molecular weight is 516 g/mol. The number of benzene rings is 1. The van der Waals surface area contributed by atoms with Gasteiger partial charge in [0.25, 0.3) is 0 Å². The molecule has 1 fully saturated rings. The molecule has 1 aliphatic rings. The highest BCUT2D eigenvalue weighted by atomic mass is 16.6. The molecular formula is C30H49N3O4. The van der Waals surface area contributed by atoms with E-state index in [1.165, 1.54) is 5.56 Å². The second-order valence-corrected chi connectivity index (χ2v) is 11.9. The molecule has 37 heavy (non-hydrogen) atoms. The first kappa shape index (κ1) is 30.7. The number of nitrogens with zero attached hydrogens (tertiary/aromatic N) is 1. The smallest absolute Gasteiger partial charge is 0.408 e. The van der Waals surface area contributed by atoms with E-state index >= 15 is 0 Å². The van der Waals surface area contributed by atoms with Crippen molar-refractivity contribution in [1.82, 2.24) is 15.5 Å². The van der Waals surface area contributed by atoms with Crippen LogP contribution in [0.2, 0.25) is 0 Å². The Labute approximate surface area is 224 Å². The minimum Gasteiger partial charge on any atom is -0.444 e. The molecule has 0 saturated heterocycles. The largest absolute Gasteiger partial charge is 0.444 e. The third-order valence-corrected chi connectivity index (χ3v) is 6.76. The number of amides is 3. The van der Waals surface area contributed by atoms with E-state index in [1.54, 1.807) is 25.7 Å². The van der Waals surface area contributed by atoms with Gasteiger partial charge in [0, 0.05) is 12.1 Å². The predicted molar refractivity (Wildman–Crippen MR) is 148 cm³/mol. The first-order valence-corrected chi connectivity index (χ1v) is 14.1. The van der Waals surface area contributed by atoms with Crippen molar-refractivity contribution in [3.63, 3.8) is 0 Å². The van der Waals surface area contributed by atoms with Gasteiger partial charge in [-0.25, -0.2) is 4.79 Å². The van der Waals surface area contributed by atoms with E-state index in [4.69, 9.17) is 4.74 Å². The maximum atomic E-state index is 14.2. The summed E-state index contributed by atoms with van der Waals surface area (Å²) in [6, 6.07) is 6.38. The number of hydrogen-bond donors (Lipinski definition) is 2. The first-order valence-electron chi connectivity index (χ1n) is 14.1. The number of alkyl carbamates (subject to hydrolysis) is 1. The van der Waals surface area contributed by atoms with Crippen LogP contribution in [0.1, 0.15) is 111 Å². The van der Waals surface area contributed by atoms with Gasteiger partial charge in [0.15, 0.2) is 0 Å². The van der Waals surface area contributed by atoms with Crippen molar-refractivity contribution in [1.29, 1.82) is 0 Å². The summed E-state index contributed by atoms with van der Waals surface area (Å²) in [5.74, 6) is -0.244. The summed E-state index contributed by atoms with van der Waals surface area (Å²) in [7, 11) is 0. The molecule has 1 aromatic rings. The Morgan fingerprint density at radius 3 is 2.11 bits per heavy atom. The molecule has 7 nitrogen and oxygen atoms in total. The third-order valence-electron chi connectivity index (χ3n) is 6.76. The lowest BCUT2D eigenvalue weighted by molar-refractivity contribution is -0.148. The zero-order valence-electron chi connectivity index (χ0n) is 24.2. The van der Waals surface area contributed by atoms with Crippen LogP contribution >= 0.6 is 0 Å². The SMILES string of the molecule is CCCC(C)NC(=O)C(c1ccc(CC)cc1)N(C(=O)C(CC(C)C)NC(=O)OC(C)(C)C)C1CCC1. The lowest BCUT2D eigenvalue weighted by Gasteiger charge is -2.44. The minimum atomic E-state index is -0.784. The number of nitrogens with one attached hydrogen (secondary N) is 2. The molecular weight excluding hydrogens is 466 g/mol. The van der Waals surface area contributed by atoms with Crippen LogP contribution in [0.3, 0.4) is 0 Å². The highest BCUT2D eigenvalue weighted by molar-refractivity contribution is 5.92. The van der Waals surface area contributed by atoms with Gasteiger partial charge in [-0.15, -0.1) is 0 Å². The number of carbonyl (C=O) groups is 3. The molecule has 1 aromatic carbocycles. The standard InChI is InChI=1S/C30H49N3O4/c1-9-12-21(5)31-27(34)26(23-17-15-22(10-2)16-18-23)33(24-13-11-14-24)28(35)25(19-20(3)4)32-29(36)37-30(6,7)8/h15-18,20-21,24-26H,9-14,19H2,1-8H3,(H,31,34)(H,32,36). The van der Waals surface area contributed by atoms with Gasteiger partial charge in [-0.2, -0.15) is 0 Å². The molecule has 0 radical (unpaired) electrons. The molecule has 0 bridgehead atoms. The maximum Gasteiger partial charge on any atom is 0.408 e. The number of hydrogen-bond acceptors (Lipinski definition) is 4. The van der Waals surface area contributed by atoms with Crippen LogP contribution in [0.15, 0.2) is 24.3 Å². The number of carbonyl (C=O) groups excluding carboxylic acids is 3. The molecule has 3 amide bonds. The molecule has 1 aliphatic carbocycles. The van der Waals surface area contributed by atoms with E-state index in [9.17, 15) is 14.4 Å². The van der Waals surface area contributed by atoms with Crippen LogP contribution in [-0.4, -0.2) is 46.5 Å². The number of rotatable bonds is 12. The lowest BCUT2D eigenvalue weighted by atomic mass is 9.87. The summed E-state index contributed by atoms with van der Waals surface area (Å²) in [6.07, 6.45) is 5.24. The quantitative estimate of drug-likeness (QED) is 0.362. The van der Waals surface area contributed by atoms with Gasteiger partial charge in [-0.1, -0.05) is 58.4 Å². The number of aryl methyl sites for hydroxylation is 1. The maximum absolute atomic E-state index is 14.2. The van der Waals surface area contributed by atoms with Crippen molar-refractivity contribution in [2.24, 2.45) is 5.92 Å². The van der Waals surface area contributed by atoms with E-state index < -0.39 is 23.8 Å². The van der Waals surface area contributed by atoms with Gasteiger partial charge in [0.1, 0.15) is 17.7 Å². The molecule has 2 N–H and O–H groups in total. The fourth-order valence-electron chi connectivity index (χ4n) is 4.71. The van der Waals surface area contributed by atoms with E-state index in [1.807, 2.05) is 45.0 Å². The molecule has 1 saturated carbocycles. The monoisotopic (exact) mass is 515 g/mol. The molecule has 7 heteroatoms. The molecule has 208 valence electrons. The van der Waals surface area contributed by atoms with Crippen molar-refractivity contribution in [2.45, 2.75) is 130 Å². The molecule has 0 spiro atoms. The fraction of sp³-hybridized carbons (Fsp3) is 0.700. The molecule has 3 unspecified atom stereocenters. The van der Waals surface area contributed by atoms with Gasteiger partial charge in [-0.3, -0.25) is 9.59 Å². The molecule has 3 atom stereocenters. The highest BCUT2D eigenvalue weighted by Gasteiger charge is 2.42. The van der Waals surface area contributed by atoms with E-state index in [0.29, 0.717) is 6.42 Å². The van der Waals surface area contributed by atoms with E-state index in [2.05, 4.69) is 24.5 Å². The minimum absolute atomic E-state index is 0.000364. The van der Waals surface area contributed by atoms with Crippen LogP contribution in [0.4, 0.5) is 4.79 Å². The van der Waals surface area contributed by atoms with Gasteiger partial charge >= 0.3 is 6.09 Å². The second-order valence-electron chi connectivity index (χ2n) is 11.9. The zero-order chi connectivity index (χ0) is 27.8. The Kier molecular flexibility index (Phi) is 11.5. The fourth-order valence-corrected chi connectivity index (χ4v) is 4.71. The summed E-state index contributed by atoms with van der Waals surface area (Å²) >= 11 is 0. The summed E-state index contributed by atoms with van der Waals surface area (Å²) in [5.41, 5.74) is 1.29. The Morgan fingerprint density at radius 2 is 1.65 bits per heavy atom. The normalized spacial score (nSPS) is 16.4. The summed E-state index contributed by atoms with van der Waals surface area (Å²) in [4.78, 5) is 42.5. The molecule has 2 rings (SSSR count). The summed E-state index contributed by atoms with van der Waals surface area (Å²) < 4.78 is 5.48. The molecule has 0 heterocycles. The van der Waals surface area contributed by atoms with Crippen molar-refractivity contribution < 1.29 is 19.1 Å². The van der Waals surface area contributed by atoms with E-state index in [-0.39, 0.29) is 29.8 Å². The lowest BCUT2D eigenvalue weighted by Crippen LogP contribution is -2.58. The van der Waals surface area contributed by atoms with Crippen LogP contribution < -0.4 is 10.6 Å². The molecule has 0 aliphatic heterocycles. The van der Waals surface area contributed by atoms with Crippen molar-refractivity contribution in [3.8, 4) is 0 Å². The van der Waals surface area contributed by atoms with Gasteiger partial charge in [-0.05, 0) is 83.3 Å². The average Bonchev–Trinajstić information content (AvgIpc) is 2.75. The van der Waals surface area contributed by atoms with Crippen LogP contribution in [0, 0.1) is 5.92 Å². The summed E-state index contributed by atoms with van der Waals surface area (Å²) in [5, 5.41) is 5.98. The van der Waals surface area contributed by atoms with Gasteiger partial charge in [0.2, 0.25) is 11.8 Å². The topological polar surface area (TPSA) is 87.7 Å². The Morgan fingerprint density at radius 1 is 1.03 bits per heavy atom. The molecule has 0 aromatic heterocycles. The first-order chi connectivity index (χ1) is 17.4. The Balaban J connectivity index is 2.48. The van der Waals surface area contributed by atoms with Crippen molar-refractivity contribution >= 4 is 17.9 Å². The zero-order valence-corrected chi connectivity index (χ0v) is 24.2. The number of ether oxygens (including phenoxy) is 1. The van der Waals surface area contributed by atoms with Crippen molar-refractivity contribution in [3.05, 3.63) is 35.4 Å². The van der Waals surface area contributed by atoms with Gasteiger partial charge in [0.05, 0.1) is 0 Å². The third kappa shape index (κ3) is 9.35. The van der Waals surface area contributed by atoms with E-state index in [0.717, 1.165) is 44.1 Å². The van der Waals surface area contributed by atoms with Crippen molar-refractivity contribution in [2.75, 3.05) is 0 Å².